The molecule has 7 nitrogen and oxygen atoms in total. The lowest BCUT2D eigenvalue weighted by Gasteiger charge is -2.11. The normalized spacial score (nSPS) is 10.5. The molecule has 2 heterocycles. The fourth-order valence-corrected chi connectivity index (χ4v) is 2.71. The Morgan fingerprint density at radius 3 is 2.78 bits per heavy atom. The number of hydrogen-bond acceptors (Lipinski definition) is 7. The zero-order valence-electron chi connectivity index (χ0n) is 14.2. The van der Waals surface area contributed by atoms with Crippen LogP contribution in [0.25, 0.3) is 22.3 Å². The third-order valence-corrected chi connectivity index (χ3v) is 4.02. The number of benzene rings is 2. The number of phenolic OH excluding ortho intramolecular Hbond substituents is 1. The zero-order valence-corrected chi connectivity index (χ0v) is 14.2. The first-order chi connectivity index (χ1) is 13.2. The standard InChI is InChI=1S/C20H14N6O/c21-10-13-5-6-18(27)16(9-13)20-25-17-4-2-1-3-15(17)19(26-20)24-12-14-11-22-7-8-23-14/h1-9,11,27H,12H2,(H,24,25,26). The van der Waals surface area contributed by atoms with E-state index < -0.39 is 0 Å². The van der Waals surface area contributed by atoms with E-state index in [0.717, 1.165) is 16.6 Å². The molecule has 2 aromatic carbocycles. The van der Waals surface area contributed by atoms with Crippen LogP contribution in [0.2, 0.25) is 0 Å². The first-order valence-corrected chi connectivity index (χ1v) is 8.23. The number of nitriles is 1. The molecule has 7 heteroatoms. The molecule has 0 radical (unpaired) electrons. The maximum Gasteiger partial charge on any atom is 0.165 e. The molecule has 0 bridgehead atoms. The Balaban J connectivity index is 1.80. The summed E-state index contributed by atoms with van der Waals surface area (Å²) in [7, 11) is 0. The fraction of sp³-hybridized carbons (Fsp3) is 0.0500. The molecule has 2 N–H and O–H groups in total. The highest BCUT2D eigenvalue weighted by Crippen LogP contribution is 2.31. The molecule has 130 valence electrons. The Bertz CT molecular complexity index is 1150. The topological polar surface area (TPSA) is 108 Å². The highest BCUT2D eigenvalue weighted by atomic mass is 16.3. The van der Waals surface area contributed by atoms with E-state index in [1.54, 1.807) is 30.7 Å². The highest BCUT2D eigenvalue weighted by Gasteiger charge is 2.13. The quantitative estimate of drug-likeness (QED) is 0.579. The minimum atomic E-state index is 0.0177. The molecule has 0 saturated carbocycles. The Labute approximate surface area is 155 Å². The van der Waals surface area contributed by atoms with Crippen molar-refractivity contribution in [3.63, 3.8) is 0 Å². The van der Waals surface area contributed by atoms with Gasteiger partial charge in [-0.2, -0.15) is 5.26 Å². The summed E-state index contributed by atoms with van der Waals surface area (Å²) in [6.45, 7) is 0.443. The van der Waals surface area contributed by atoms with Gasteiger partial charge in [0.1, 0.15) is 11.6 Å². The molecular weight excluding hydrogens is 340 g/mol. The van der Waals surface area contributed by atoms with Gasteiger partial charge >= 0.3 is 0 Å². The van der Waals surface area contributed by atoms with Crippen molar-refractivity contribution < 1.29 is 5.11 Å². The minimum absolute atomic E-state index is 0.0177. The van der Waals surface area contributed by atoms with Gasteiger partial charge in [0.15, 0.2) is 5.82 Å². The molecular formula is C20H14N6O. The molecule has 0 aliphatic heterocycles. The third-order valence-electron chi connectivity index (χ3n) is 4.02. The number of phenols is 1. The molecule has 0 fully saturated rings. The Morgan fingerprint density at radius 2 is 1.96 bits per heavy atom. The second-order valence-corrected chi connectivity index (χ2v) is 5.81. The lowest BCUT2D eigenvalue weighted by Crippen LogP contribution is -2.05. The van der Waals surface area contributed by atoms with Gasteiger partial charge in [0.05, 0.1) is 41.1 Å². The summed E-state index contributed by atoms with van der Waals surface area (Å²) < 4.78 is 0. The van der Waals surface area contributed by atoms with Gasteiger partial charge in [-0.15, -0.1) is 0 Å². The SMILES string of the molecule is N#Cc1ccc(O)c(-c2nc(NCc3cnccn3)c3ccccc3n2)c1. The molecule has 0 saturated heterocycles. The number of nitrogens with zero attached hydrogens (tertiary/aromatic N) is 5. The Kier molecular flexibility index (Phi) is 4.29. The van der Waals surface area contributed by atoms with E-state index >= 15 is 0 Å². The van der Waals surface area contributed by atoms with Crippen LogP contribution in [-0.2, 0) is 6.54 Å². The molecule has 0 atom stereocenters. The number of rotatable bonds is 4. The van der Waals surface area contributed by atoms with Crippen LogP contribution >= 0.6 is 0 Å². The summed E-state index contributed by atoms with van der Waals surface area (Å²) in [6, 6.07) is 14.3. The van der Waals surface area contributed by atoms with Crippen molar-refractivity contribution in [2.45, 2.75) is 6.54 Å². The number of hydrogen-bond donors (Lipinski definition) is 2. The van der Waals surface area contributed by atoms with Gasteiger partial charge in [-0.1, -0.05) is 12.1 Å². The lowest BCUT2D eigenvalue weighted by molar-refractivity contribution is 0.477. The first-order valence-electron chi connectivity index (χ1n) is 8.23. The molecule has 4 aromatic rings. The minimum Gasteiger partial charge on any atom is -0.507 e. The van der Waals surface area contributed by atoms with Gasteiger partial charge < -0.3 is 10.4 Å². The molecule has 27 heavy (non-hydrogen) atoms. The second kappa shape index (κ2) is 7.06. The maximum atomic E-state index is 10.2. The van der Waals surface area contributed by atoms with Crippen LogP contribution in [0.1, 0.15) is 11.3 Å². The predicted molar refractivity (Wildman–Crippen MR) is 101 cm³/mol. The van der Waals surface area contributed by atoms with Gasteiger partial charge in [0.25, 0.3) is 0 Å². The molecule has 0 aliphatic carbocycles. The van der Waals surface area contributed by atoms with Crippen molar-refractivity contribution in [1.29, 1.82) is 5.26 Å². The summed E-state index contributed by atoms with van der Waals surface area (Å²) >= 11 is 0. The molecule has 0 amide bonds. The van der Waals surface area contributed by atoms with Crippen molar-refractivity contribution in [3.05, 3.63) is 72.3 Å². The van der Waals surface area contributed by atoms with Crippen molar-refractivity contribution in [2.75, 3.05) is 5.32 Å². The van der Waals surface area contributed by atoms with E-state index in [4.69, 9.17) is 5.26 Å². The molecule has 4 rings (SSSR count). The lowest BCUT2D eigenvalue weighted by atomic mass is 10.1. The first kappa shape index (κ1) is 16.4. The number of aromatic nitrogens is 4. The van der Waals surface area contributed by atoms with Crippen molar-refractivity contribution in [3.8, 4) is 23.2 Å². The van der Waals surface area contributed by atoms with Gasteiger partial charge in [0, 0.05) is 17.8 Å². The summed E-state index contributed by atoms with van der Waals surface area (Å²) in [4.78, 5) is 17.4. The Morgan fingerprint density at radius 1 is 1.07 bits per heavy atom. The van der Waals surface area contributed by atoms with Gasteiger partial charge in [-0.3, -0.25) is 9.97 Å². The number of fused-ring (bicyclic) bond motifs is 1. The summed E-state index contributed by atoms with van der Waals surface area (Å²) in [5.41, 5.74) is 2.33. The van der Waals surface area contributed by atoms with E-state index in [0.29, 0.717) is 29.3 Å². The van der Waals surface area contributed by atoms with Gasteiger partial charge in [-0.25, -0.2) is 9.97 Å². The van der Waals surface area contributed by atoms with E-state index in [-0.39, 0.29) is 5.75 Å². The van der Waals surface area contributed by atoms with Gasteiger partial charge in [-0.05, 0) is 30.3 Å². The number of anilines is 1. The monoisotopic (exact) mass is 354 g/mol. The molecule has 0 spiro atoms. The van der Waals surface area contributed by atoms with Crippen molar-refractivity contribution in [1.82, 2.24) is 19.9 Å². The van der Waals surface area contributed by atoms with Crippen LogP contribution in [0, 0.1) is 11.3 Å². The van der Waals surface area contributed by atoms with Crippen molar-refractivity contribution in [2.24, 2.45) is 0 Å². The average Bonchev–Trinajstić information content (AvgIpc) is 2.73. The third kappa shape index (κ3) is 3.37. The van der Waals surface area contributed by atoms with Gasteiger partial charge in [0.2, 0.25) is 0 Å². The van der Waals surface area contributed by atoms with Crippen LogP contribution < -0.4 is 5.32 Å². The van der Waals surface area contributed by atoms with E-state index in [1.165, 1.54) is 6.07 Å². The van der Waals surface area contributed by atoms with E-state index in [2.05, 4.69) is 31.3 Å². The maximum absolute atomic E-state index is 10.2. The number of nitrogens with one attached hydrogen (secondary N) is 1. The summed E-state index contributed by atoms with van der Waals surface area (Å²) in [5, 5.41) is 23.5. The van der Waals surface area contributed by atoms with E-state index in [9.17, 15) is 5.11 Å². The highest BCUT2D eigenvalue weighted by molar-refractivity contribution is 5.91. The number of para-hydroxylation sites is 1. The van der Waals surface area contributed by atoms with Crippen molar-refractivity contribution >= 4 is 16.7 Å². The van der Waals surface area contributed by atoms with Crippen LogP contribution in [0.3, 0.4) is 0 Å². The fourth-order valence-electron chi connectivity index (χ4n) is 2.71. The predicted octanol–water partition coefficient (Wildman–Crippen LogP) is 3.28. The molecule has 0 aliphatic rings. The molecule has 2 aromatic heterocycles. The van der Waals surface area contributed by atoms with Crippen LogP contribution in [0.15, 0.2) is 61.1 Å². The second-order valence-electron chi connectivity index (χ2n) is 5.81. The van der Waals surface area contributed by atoms with Crippen LogP contribution in [-0.4, -0.2) is 25.0 Å². The average molecular weight is 354 g/mol. The smallest absolute Gasteiger partial charge is 0.165 e. The summed E-state index contributed by atoms with van der Waals surface area (Å²) in [5.74, 6) is 0.970. The van der Waals surface area contributed by atoms with E-state index in [1.807, 2.05) is 24.3 Å². The number of aromatic hydroxyl groups is 1. The molecule has 0 unspecified atom stereocenters. The van der Waals surface area contributed by atoms with Crippen LogP contribution in [0.5, 0.6) is 5.75 Å². The largest absolute Gasteiger partial charge is 0.507 e. The Hall–Kier alpha value is -4.05. The summed E-state index contributed by atoms with van der Waals surface area (Å²) in [6.07, 6.45) is 4.93. The zero-order chi connectivity index (χ0) is 18.6. The van der Waals surface area contributed by atoms with Crippen LogP contribution in [0.4, 0.5) is 5.82 Å².